The molecular formula is C17H11F5N4O2. The molecule has 0 saturated heterocycles. The van der Waals surface area contributed by atoms with E-state index in [1.165, 1.54) is 35.3 Å². The first kappa shape index (κ1) is 19.3. The van der Waals surface area contributed by atoms with Crippen LogP contribution in [-0.2, 0) is 10.7 Å². The van der Waals surface area contributed by atoms with Gasteiger partial charge in [-0.05, 0) is 24.3 Å². The Labute approximate surface area is 154 Å². The second-order valence-corrected chi connectivity index (χ2v) is 5.57. The van der Waals surface area contributed by atoms with Gasteiger partial charge in [0.15, 0.2) is 5.82 Å². The molecule has 1 aromatic heterocycles. The zero-order chi connectivity index (χ0) is 20.5. The number of halogens is 5. The number of hydrogen-bond donors (Lipinski definition) is 1. The van der Waals surface area contributed by atoms with E-state index in [0.29, 0.717) is 11.3 Å². The highest BCUT2D eigenvalue weighted by Crippen LogP contribution is 2.29. The van der Waals surface area contributed by atoms with Gasteiger partial charge in [-0.15, -0.1) is 18.3 Å². The van der Waals surface area contributed by atoms with Crippen molar-refractivity contribution >= 4 is 5.91 Å². The number of amides is 1. The second kappa shape index (κ2) is 6.91. The minimum Gasteiger partial charge on any atom is -0.406 e. The first-order valence-electron chi connectivity index (χ1n) is 7.63. The predicted molar refractivity (Wildman–Crippen MR) is 86.6 cm³/mol. The molecule has 0 aliphatic heterocycles. The van der Waals surface area contributed by atoms with Gasteiger partial charge in [0, 0.05) is 11.1 Å². The number of nitrogens with zero attached hydrogens (tertiary/aromatic N) is 3. The van der Waals surface area contributed by atoms with Crippen molar-refractivity contribution in [1.29, 1.82) is 0 Å². The van der Waals surface area contributed by atoms with Gasteiger partial charge in [0.1, 0.15) is 12.1 Å². The SMILES string of the molecule is NC(=O)C(F)(F)c1ccc(-c2ncn(-c3ccc(OC(F)(F)F)cc3)n2)cc1. The summed E-state index contributed by atoms with van der Waals surface area (Å²) < 4.78 is 68.8. The van der Waals surface area contributed by atoms with E-state index in [4.69, 9.17) is 0 Å². The first-order valence-corrected chi connectivity index (χ1v) is 7.63. The summed E-state index contributed by atoms with van der Waals surface area (Å²) in [5, 5.41) is 4.15. The molecule has 0 radical (unpaired) electrons. The van der Waals surface area contributed by atoms with Crippen LogP contribution in [0.25, 0.3) is 17.1 Å². The van der Waals surface area contributed by atoms with E-state index in [0.717, 1.165) is 24.3 Å². The van der Waals surface area contributed by atoms with Crippen LogP contribution in [0.2, 0.25) is 0 Å². The number of carbonyl (C=O) groups is 1. The molecular weight excluding hydrogens is 387 g/mol. The van der Waals surface area contributed by atoms with Crippen LogP contribution in [0, 0.1) is 0 Å². The third-order valence-corrected chi connectivity index (χ3v) is 3.64. The van der Waals surface area contributed by atoms with Crippen molar-refractivity contribution in [2.75, 3.05) is 0 Å². The van der Waals surface area contributed by atoms with E-state index in [1.54, 1.807) is 0 Å². The minimum absolute atomic E-state index is 0.185. The first-order chi connectivity index (χ1) is 13.1. The molecule has 1 amide bonds. The fourth-order valence-electron chi connectivity index (χ4n) is 2.29. The fourth-order valence-corrected chi connectivity index (χ4v) is 2.29. The van der Waals surface area contributed by atoms with Crippen LogP contribution in [0.5, 0.6) is 5.75 Å². The molecule has 0 unspecified atom stereocenters. The Morgan fingerprint density at radius 2 is 1.57 bits per heavy atom. The Morgan fingerprint density at radius 3 is 2.11 bits per heavy atom. The Kier molecular flexibility index (Phi) is 4.75. The Morgan fingerprint density at radius 1 is 0.964 bits per heavy atom. The number of benzene rings is 2. The smallest absolute Gasteiger partial charge is 0.406 e. The van der Waals surface area contributed by atoms with Gasteiger partial charge in [0.05, 0.1) is 5.69 Å². The van der Waals surface area contributed by atoms with E-state index in [1.807, 2.05) is 0 Å². The van der Waals surface area contributed by atoms with Crippen molar-refractivity contribution in [3.05, 3.63) is 60.4 Å². The van der Waals surface area contributed by atoms with Crippen LogP contribution in [0.3, 0.4) is 0 Å². The van der Waals surface area contributed by atoms with Crippen LogP contribution in [0.4, 0.5) is 22.0 Å². The quantitative estimate of drug-likeness (QED) is 0.668. The van der Waals surface area contributed by atoms with Crippen molar-refractivity contribution in [3.8, 4) is 22.8 Å². The van der Waals surface area contributed by atoms with Crippen LogP contribution >= 0.6 is 0 Å². The Bertz CT molecular complexity index is 982. The van der Waals surface area contributed by atoms with Crippen molar-refractivity contribution in [2.24, 2.45) is 5.73 Å². The summed E-state index contributed by atoms with van der Waals surface area (Å²) in [6.07, 6.45) is -3.49. The zero-order valence-electron chi connectivity index (χ0n) is 13.8. The van der Waals surface area contributed by atoms with Crippen molar-refractivity contribution in [2.45, 2.75) is 12.3 Å². The molecule has 146 valence electrons. The van der Waals surface area contributed by atoms with E-state index in [-0.39, 0.29) is 11.6 Å². The zero-order valence-corrected chi connectivity index (χ0v) is 13.8. The standard InChI is InChI=1S/C17H11F5N4O2/c18-16(19,15(23)27)11-3-1-10(2-4-11)14-24-9-26(25-14)12-5-7-13(8-6-12)28-17(20,21)22/h1-9H,(H2,23,27). The molecule has 28 heavy (non-hydrogen) atoms. The molecule has 0 fully saturated rings. The van der Waals surface area contributed by atoms with E-state index in [9.17, 15) is 26.7 Å². The molecule has 1 heterocycles. The van der Waals surface area contributed by atoms with E-state index in [2.05, 4.69) is 20.6 Å². The van der Waals surface area contributed by atoms with Gasteiger partial charge in [-0.2, -0.15) is 8.78 Å². The number of alkyl halides is 5. The average molecular weight is 398 g/mol. The predicted octanol–water partition coefficient (Wildman–Crippen LogP) is 3.41. The molecule has 3 aromatic rings. The number of rotatable bonds is 5. The summed E-state index contributed by atoms with van der Waals surface area (Å²) in [4.78, 5) is 14.8. The number of hydrogen-bond acceptors (Lipinski definition) is 4. The van der Waals surface area contributed by atoms with Gasteiger partial charge in [-0.25, -0.2) is 9.67 Å². The molecule has 0 aliphatic carbocycles. The van der Waals surface area contributed by atoms with Gasteiger partial charge >= 0.3 is 12.3 Å². The monoisotopic (exact) mass is 398 g/mol. The number of primary amides is 1. The summed E-state index contributed by atoms with van der Waals surface area (Å²) in [5.41, 5.74) is 4.91. The molecule has 0 aliphatic rings. The highest BCUT2D eigenvalue weighted by molar-refractivity contribution is 5.83. The Hall–Kier alpha value is -3.50. The molecule has 0 spiro atoms. The maximum Gasteiger partial charge on any atom is 0.573 e. The molecule has 0 atom stereocenters. The third kappa shape index (κ3) is 4.08. The lowest BCUT2D eigenvalue weighted by Crippen LogP contribution is -2.32. The fraction of sp³-hybridized carbons (Fsp3) is 0.118. The maximum atomic E-state index is 13.6. The van der Waals surface area contributed by atoms with E-state index < -0.39 is 23.8 Å². The van der Waals surface area contributed by atoms with Crippen molar-refractivity contribution in [1.82, 2.24) is 14.8 Å². The summed E-state index contributed by atoms with van der Waals surface area (Å²) in [5.74, 6) is -5.77. The second-order valence-electron chi connectivity index (χ2n) is 5.57. The summed E-state index contributed by atoms with van der Waals surface area (Å²) in [7, 11) is 0. The van der Waals surface area contributed by atoms with Gasteiger partial charge in [-0.3, -0.25) is 4.79 Å². The highest BCUT2D eigenvalue weighted by atomic mass is 19.4. The number of ether oxygens (including phenoxy) is 1. The normalized spacial score (nSPS) is 12.0. The lowest BCUT2D eigenvalue weighted by Gasteiger charge is -2.12. The summed E-state index contributed by atoms with van der Waals surface area (Å²) in [6, 6.07) is 9.58. The average Bonchev–Trinajstić information content (AvgIpc) is 3.11. The molecule has 2 N–H and O–H groups in total. The van der Waals surface area contributed by atoms with Crippen molar-refractivity contribution in [3.63, 3.8) is 0 Å². The van der Waals surface area contributed by atoms with E-state index >= 15 is 0 Å². The maximum absolute atomic E-state index is 13.6. The topological polar surface area (TPSA) is 83.0 Å². The lowest BCUT2D eigenvalue weighted by molar-refractivity contribution is -0.274. The number of carbonyl (C=O) groups excluding carboxylic acids is 1. The van der Waals surface area contributed by atoms with Gasteiger partial charge < -0.3 is 10.5 Å². The Balaban J connectivity index is 1.80. The van der Waals surface area contributed by atoms with Crippen LogP contribution in [-0.4, -0.2) is 27.0 Å². The van der Waals surface area contributed by atoms with Crippen LogP contribution < -0.4 is 10.5 Å². The molecule has 0 bridgehead atoms. The molecule has 6 nitrogen and oxygen atoms in total. The van der Waals surface area contributed by atoms with Gasteiger partial charge in [-0.1, -0.05) is 24.3 Å². The summed E-state index contributed by atoms with van der Waals surface area (Å²) >= 11 is 0. The minimum atomic E-state index is -4.79. The number of nitrogens with two attached hydrogens (primary N) is 1. The van der Waals surface area contributed by atoms with Crippen molar-refractivity contribution < 1.29 is 31.5 Å². The summed E-state index contributed by atoms with van der Waals surface area (Å²) in [6.45, 7) is 0. The van der Waals surface area contributed by atoms with Gasteiger partial charge in [0.25, 0.3) is 5.91 Å². The lowest BCUT2D eigenvalue weighted by atomic mass is 10.1. The van der Waals surface area contributed by atoms with Crippen LogP contribution in [0.1, 0.15) is 5.56 Å². The van der Waals surface area contributed by atoms with Gasteiger partial charge in [0.2, 0.25) is 0 Å². The van der Waals surface area contributed by atoms with Crippen LogP contribution in [0.15, 0.2) is 54.9 Å². The molecule has 2 aromatic carbocycles. The third-order valence-electron chi connectivity index (χ3n) is 3.64. The molecule has 11 heteroatoms. The molecule has 0 saturated carbocycles. The number of aromatic nitrogens is 3. The highest BCUT2D eigenvalue weighted by Gasteiger charge is 2.38. The molecule has 3 rings (SSSR count). The largest absolute Gasteiger partial charge is 0.573 e.